The summed E-state index contributed by atoms with van der Waals surface area (Å²) in [5.74, 6) is 0.129. The molecule has 0 spiro atoms. The Morgan fingerprint density at radius 3 is 2.41 bits per heavy atom. The summed E-state index contributed by atoms with van der Waals surface area (Å²) >= 11 is 0. The molecule has 0 unspecified atom stereocenters. The van der Waals surface area contributed by atoms with Crippen LogP contribution in [0.15, 0.2) is 42.5 Å². The zero-order valence-corrected chi connectivity index (χ0v) is 16.8. The van der Waals surface area contributed by atoms with Gasteiger partial charge >= 0.3 is 0 Å². The van der Waals surface area contributed by atoms with Gasteiger partial charge in [-0.25, -0.2) is 0 Å². The highest BCUT2D eigenvalue weighted by Crippen LogP contribution is 2.21. The van der Waals surface area contributed by atoms with Gasteiger partial charge in [0.05, 0.1) is 13.6 Å². The lowest BCUT2D eigenvalue weighted by Gasteiger charge is -2.13. The Bertz CT molecular complexity index is 1030. The second-order valence-electron chi connectivity index (χ2n) is 6.95. The summed E-state index contributed by atoms with van der Waals surface area (Å²) in [7, 11) is 5.35. The molecule has 3 aromatic rings. The van der Waals surface area contributed by atoms with Crippen LogP contribution in [0, 0.1) is 6.92 Å². The average Bonchev–Trinajstić information content (AvgIpc) is 3.10. The van der Waals surface area contributed by atoms with Crippen LogP contribution < -0.4 is 10.6 Å². The van der Waals surface area contributed by atoms with Gasteiger partial charge in [-0.15, -0.1) is 10.2 Å². The second kappa shape index (κ2) is 8.61. The second-order valence-corrected chi connectivity index (χ2v) is 6.95. The van der Waals surface area contributed by atoms with Gasteiger partial charge in [0.2, 0.25) is 11.7 Å². The fourth-order valence-corrected chi connectivity index (χ4v) is 2.68. The van der Waals surface area contributed by atoms with Crippen molar-refractivity contribution in [2.75, 3.05) is 31.3 Å². The van der Waals surface area contributed by atoms with Crippen molar-refractivity contribution in [2.24, 2.45) is 7.05 Å². The minimum absolute atomic E-state index is 0.116. The zero-order chi connectivity index (χ0) is 21.0. The van der Waals surface area contributed by atoms with Gasteiger partial charge in [0.1, 0.15) is 0 Å². The Hall–Kier alpha value is -3.59. The molecule has 0 saturated carbocycles. The first-order valence-corrected chi connectivity index (χ1v) is 9.03. The smallest absolute Gasteiger partial charge is 0.255 e. The largest absolute Gasteiger partial charge is 0.325 e. The Labute approximate surface area is 168 Å². The van der Waals surface area contributed by atoms with Gasteiger partial charge in [-0.2, -0.15) is 4.80 Å². The summed E-state index contributed by atoms with van der Waals surface area (Å²) in [6.45, 7) is 2.18. The summed E-state index contributed by atoms with van der Waals surface area (Å²) < 4.78 is 0. The van der Waals surface area contributed by atoms with E-state index < -0.39 is 0 Å². The van der Waals surface area contributed by atoms with Crippen molar-refractivity contribution >= 4 is 23.2 Å². The van der Waals surface area contributed by atoms with Gasteiger partial charge in [-0.1, -0.05) is 18.2 Å². The molecule has 0 saturated heterocycles. The molecule has 3 rings (SSSR count). The van der Waals surface area contributed by atoms with Crippen LogP contribution in [0.2, 0.25) is 0 Å². The molecular weight excluding hydrogens is 370 g/mol. The Morgan fingerprint density at radius 2 is 1.79 bits per heavy atom. The molecule has 0 fully saturated rings. The van der Waals surface area contributed by atoms with Crippen LogP contribution in [-0.2, 0) is 11.8 Å². The third-order valence-electron chi connectivity index (χ3n) is 4.14. The molecule has 9 nitrogen and oxygen atoms in total. The maximum absolute atomic E-state index is 12.6. The number of anilines is 2. The SMILES string of the molecule is Cc1ccc(NC(=O)c2ccc(-c3nnn(C)n3)cc2)cc1NC(=O)CN(C)C. The van der Waals surface area contributed by atoms with Gasteiger partial charge in [0.15, 0.2) is 0 Å². The van der Waals surface area contributed by atoms with Gasteiger partial charge in [-0.05, 0) is 56.1 Å². The predicted molar refractivity (Wildman–Crippen MR) is 111 cm³/mol. The first-order chi connectivity index (χ1) is 13.8. The number of aromatic nitrogens is 4. The lowest BCUT2D eigenvalue weighted by Crippen LogP contribution is -2.27. The van der Waals surface area contributed by atoms with E-state index in [-0.39, 0.29) is 18.4 Å². The normalized spacial score (nSPS) is 10.8. The van der Waals surface area contributed by atoms with E-state index in [9.17, 15) is 9.59 Å². The van der Waals surface area contributed by atoms with Crippen molar-refractivity contribution < 1.29 is 9.59 Å². The molecule has 29 heavy (non-hydrogen) atoms. The number of tetrazole rings is 1. The Morgan fingerprint density at radius 1 is 1.07 bits per heavy atom. The number of nitrogens with zero attached hydrogens (tertiary/aromatic N) is 5. The Balaban J connectivity index is 1.70. The van der Waals surface area contributed by atoms with E-state index in [1.54, 1.807) is 48.3 Å². The van der Waals surface area contributed by atoms with Gasteiger partial charge < -0.3 is 15.5 Å². The van der Waals surface area contributed by atoms with E-state index in [0.717, 1.165) is 11.1 Å². The Kier molecular flexibility index (Phi) is 5.99. The number of aryl methyl sites for hydroxylation is 2. The first kappa shape index (κ1) is 20.2. The number of benzene rings is 2. The van der Waals surface area contributed by atoms with E-state index >= 15 is 0 Å². The maximum atomic E-state index is 12.6. The van der Waals surface area contributed by atoms with Crippen LogP contribution in [0.3, 0.4) is 0 Å². The molecule has 2 aromatic carbocycles. The molecule has 1 aromatic heterocycles. The number of hydrogen-bond acceptors (Lipinski definition) is 6. The lowest BCUT2D eigenvalue weighted by molar-refractivity contribution is -0.116. The number of carbonyl (C=O) groups excluding carboxylic acids is 2. The summed E-state index contributed by atoms with van der Waals surface area (Å²) in [6.07, 6.45) is 0. The van der Waals surface area contributed by atoms with E-state index in [2.05, 4.69) is 26.0 Å². The lowest BCUT2D eigenvalue weighted by atomic mass is 10.1. The van der Waals surface area contributed by atoms with Crippen molar-refractivity contribution in [2.45, 2.75) is 6.92 Å². The van der Waals surface area contributed by atoms with Gasteiger partial charge in [0.25, 0.3) is 5.91 Å². The molecule has 2 N–H and O–H groups in total. The number of rotatable bonds is 6. The van der Waals surface area contributed by atoms with Crippen LogP contribution in [0.4, 0.5) is 11.4 Å². The molecular formula is C20H23N7O2. The number of nitrogens with one attached hydrogen (secondary N) is 2. The molecule has 9 heteroatoms. The maximum Gasteiger partial charge on any atom is 0.255 e. The van der Waals surface area contributed by atoms with Crippen molar-refractivity contribution in [3.8, 4) is 11.4 Å². The van der Waals surface area contributed by atoms with Crippen LogP contribution in [-0.4, -0.2) is 57.6 Å². The summed E-state index contributed by atoms with van der Waals surface area (Å²) in [5.41, 5.74) is 3.45. The molecule has 0 aliphatic carbocycles. The molecule has 0 radical (unpaired) electrons. The fourth-order valence-electron chi connectivity index (χ4n) is 2.68. The predicted octanol–water partition coefficient (Wildman–Crippen LogP) is 1.94. The third kappa shape index (κ3) is 5.23. The average molecular weight is 393 g/mol. The minimum atomic E-state index is -0.252. The first-order valence-electron chi connectivity index (χ1n) is 9.03. The van der Waals surface area contributed by atoms with Crippen LogP contribution in [0.5, 0.6) is 0 Å². The van der Waals surface area contributed by atoms with E-state index in [1.165, 1.54) is 4.80 Å². The summed E-state index contributed by atoms with van der Waals surface area (Å²) in [4.78, 5) is 27.8. The highest BCUT2D eigenvalue weighted by Gasteiger charge is 2.11. The molecule has 2 amide bonds. The third-order valence-corrected chi connectivity index (χ3v) is 4.14. The fraction of sp³-hybridized carbons (Fsp3) is 0.250. The number of likely N-dealkylation sites (N-methyl/N-ethyl adjacent to an activating group) is 1. The highest BCUT2D eigenvalue weighted by molar-refractivity contribution is 6.05. The number of amides is 2. The van der Waals surface area contributed by atoms with Crippen LogP contribution in [0.1, 0.15) is 15.9 Å². The summed E-state index contributed by atoms with van der Waals surface area (Å²) in [6, 6.07) is 12.3. The van der Waals surface area contributed by atoms with E-state index in [1.807, 2.05) is 27.1 Å². The van der Waals surface area contributed by atoms with Crippen molar-refractivity contribution in [1.29, 1.82) is 0 Å². The monoisotopic (exact) mass is 393 g/mol. The van der Waals surface area contributed by atoms with Gasteiger partial charge in [0, 0.05) is 22.5 Å². The van der Waals surface area contributed by atoms with Crippen molar-refractivity contribution in [3.05, 3.63) is 53.6 Å². The summed E-state index contributed by atoms with van der Waals surface area (Å²) in [5, 5.41) is 17.6. The highest BCUT2D eigenvalue weighted by atomic mass is 16.2. The quantitative estimate of drug-likeness (QED) is 0.663. The molecule has 150 valence electrons. The standard InChI is InChI=1S/C20H23N7O2/c1-13-5-10-16(11-17(13)22-18(28)12-26(2)3)21-20(29)15-8-6-14(7-9-15)19-23-25-27(4)24-19/h5-11H,12H2,1-4H3,(H,21,29)(H,22,28). The molecule has 0 bridgehead atoms. The van der Waals surface area contributed by atoms with Crippen molar-refractivity contribution in [3.63, 3.8) is 0 Å². The van der Waals surface area contributed by atoms with Crippen molar-refractivity contribution in [1.82, 2.24) is 25.1 Å². The minimum Gasteiger partial charge on any atom is -0.325 e. The van der Waals surface area contributed by atoms with Crippen LogP contribution in [0.25, 0.3) is 11.4 Å². The number of hydrogen-bond donors (Lipinski definition) is 2. The van der Waals surface area contributed by atoms with E-state index in [0.29, 0.717) is 22.8 Å². The van der Waals surface area contributed by atoms with Gasteiger partial charge in [-0.3, -0.25) is 9.59 Å². The van der Waals surface area contributed by atoms with E-state index in [4.69, 9.17) is 0 Å². The molecule has 0 atom stereocenters. The molecule has 0 aliphatic heterocycles. The topological polar surface area (TPSA) is 105 Å². The molecule has 0 aliphatic rings. The zero-order valence-electron chi connectivity index (χ0n) is 16.8. The molecule has 1 heterocycles. The number of carbonyl (C=O) groups is 2. The van der Waals surface area contributed by atoms with Crippen LogP contribution >= 0.6 is 0 Å².